The molecule has 0 aliphatic rings. The zero-order valence-electron chi connectivity index (χ0n) is 10.2. The molecule has 0 amide bonds. The third kappa shape index (κ3) is 4.03. The maximum atomic E-state index is 9.83. The summed E-state index contributed by atoms with van der Waals surface area (Å²) in [5.41, 5.74) is 0.716. The molecule has 0 bridgehead atoms. The molecule has 1 atom stereocenters. The van der Waals surface area contributed by atoms with Crippen LogP contribution in [0.15, 0.2) is 12.1 Å². The summed E-state index contributed by atoms with van der Waals surface area (Å²) in [4.78, 5) is 2.06. The van der Waals surface area contributed by atoms with Gasteiger partial charge >= 0.3 is 0 Å². The van der Waals surface area contributed by atoms with Crippen molar-refractivity contribution >= 4 is 23.2 Å². The van der Waals surface area contributed by atoms with Crippen molar-refractivity contribution in [1.82, 2.24) is 4.90 Å². The summed E-state index contributed by atoms with van der Waals surface area (Å²) in [7, 11) is 3.62. The fourth-order valence-electron chi connectivity index (χ4n) is 1.53. The third-order valence-corrected chi connectivity index (χ3v) is 3.19. The Morgan fingerprint density at radius 3 is 2.65 bits per heavy atom. The monoisotopic (exact) mass is 277 g/mol. The van der Waals surface area contributed by atoms with Crippen molar-refractivity contribution in [1.29, 1.82) is 0 Å². The Labute approximate surface area is 112 Å². The summed E-state index contributed by atoms with van der Waals surface area (Å²) in [6, 6.07) is 3.50. The first-order valence-corrected chi connectivity index (χ1v) is 6.07. The minimum absolute atomic E-state index is 0.0903. The smallest absolute Gasteiger partial charge is 0.138 e. The van der Waals surface area contributed by atoms with Gasteiger partial charge in [0, 0.05) is 30.3 Å². The van der Waals surface area contributed by atoms with Crippen LogP contribution in [0, 0.1) is 0 Å². The molecule has 1 rings (SSSR count). The summed E-state index contributed by atoms with van der Waals surface area (Å²) >= 11 is 11.8. The first-order valence-electron chi connectivity index (χ1n) is 5.31. The highest BCUT2D eigenvalue weighted by Crippen LogP contribution is 2.31. The number of halogens is 2. The van der Waals surface area contributed by atoms with E-state index in [1.807, 2.05) is 14.0 Å². The molecule has 96 valence electrons. The lowest BCUT2D eigenvalue weighted by atomic mass is 10.1. The van der Waals surface area contributed by atoms with Crippen molar-refractivity contribution in [3.05, 3.63) is 27.7 Å². The zero-order valence-corrected chi connectivity index (χ0v) is 11.7. The van der Waals surface area contributed by atoms with Crippen LogP contribution in [0.25, 0.3) is 0 Å². The molecular formula is C12H17Cl2NO2. The van der Waals surface area contributed by atoms with Gasteiger partial charge < -0.3 is 9.84 Å². The molecule has 1 aromatic carbocycles. The quantitative estimate of drug-likeness (QED) is 0.898. The van der Waals surface area contributed by atoms with Crippen molar-refractivity contribution in [2.24, 2.45) is 0 Å². The van der Waals surface area contributed by atoms with Gasteiger partial charge in [0.1, 0.15) is 5.75 Å². The van der Waals surface area contributed by atoms with E-state index < -0.39 is 0 Å². The number of methoxy groups -OCH3 is 1. The second kappa shape index (κ2) is 6.45. The minimum atomic E-state index is 0.0903. The maximum absolute atomic E-state index is 9.83. The van der Waals surface area contributed by atoms with Gasteiger partial charge in [-0.2, -0.15) is 0 Å². The third-order valence-electron chi connectivity index (χ3n) is 2.69. The largest absolute Gasteiger partial charge is 0.506 e. The molecule has 0 radical (unpaired) electrons. The summed E-state index contributed by atoms with van der Waals surface area (Å²) in [6.45, 7) is 3.24. The number of rotatable bonds is 5. The molecule has 1 N–H and O–H groups in total. The molecule has 0 aliphatic carbocycles. The van der Waals surface area contributed by atoms with Crippen LogP contribution in [0.4, 0.5) is 0 Å². The summed E-state index contributed by atoms with van der Waals surface area (Å²) in [5.74, 6) is 0.0903. The van der Waals surface area contributed by atoms with E-state index in [-0.39, 0.29) is 16.8 Å². The normalized spacial score (nSPS) is 13.1. The van der Waals surface area contributed by atoms with Gasteiger partial charge in [-0.3, -0.25) is 4.90 Å². The fraction of sp³-hybridized carbons (Fsp3) is 0.500. The lowest BCUT2D eigenvalue weighted by molar-refractivity contribution is 0.111. The number of phenols is 1. The number of phenolic OH excluding ortho intramolecular Hbond substituents is 1. The summed E-state index contributed by atoms with van der Waals surface area (Å²) in [5, 5.41) is 10.6. The molecule has 17 heavy (non-hydrogen) atoms. The first kappa shape index (κ1) is 14.6. The second-order valence-corrected chi connectivity index (χ2v) is 4.96. The van der Waals surface area contributed by atoms with Crippen LogP contribution in [-0.4, -0.2) is 36.8 Å². The Balaban J connectivity index is 2.81. The lowest BCUT2D eigenvalue weighted by Gasteiger charge is -2.24. The average molecular weight is 278 g/mol. The van der Waals surface area contributed by atoms with Gasteiger partial charge in [0.15, 0.2) is 0 Å². The second-order valence-electron chi connectivity index (χ2n) is 4.11. The Morgan fingerprint density at radius 2 is 2.06 bits per heavy atom. The Kier molecular flexibility index (Phi) is 5.53. The van der Waals surface area contributed by atoms with Crippen molar-refractivity contribution in [3.63, 3.8) is 0 Å². The highest BCUT2D eigenvalue weighted by atomic mass is 35.5. The fourth-order valence-corrected chi connectivity index (χ4v) is 2.07. The number of ether oxygens (including phenoxy) is 1. The van der Waals surface area contributed by atoms with E-state index in [9.17, 15) is 5.11 Å². The molecule has 1 aromatic rings. The Hall–Kier alpha value is -0.480. The Bertz CT molecular complexity index is 385. The highest BCUT2D eigenvalue weighted by Gasteiger charge is 2.14. The molecule has 0 spiro atoms. The zero-order chi connectivity index (χ0) is 13.0. The van der Waals surface area contributed by atoms with Gasteiger partial charge in [0.2, 0.25) is 0 Å². The van der Waals surface area contributed by atoms with E-state index >= 15 is 0 Å². The van der Waals surface area contributed by atoms with Gasteiger partial charge in [-0.25, -0.2) is 0 Å². The lowest BCUT2D eigenvalue weighted by Crippen LogP contribution is -2.32. The van der Waals surface area contributed by atoms with E-state index in [2.05, 4.69) is 4.90 Å². The van der Waals surface area contributed by atoms with Crippen LogP contribution in [0.2, 0.25) is 10.0 Å². The van der Waals surface area contributed by atoms with E-state index in [1.54, 1.807) is 13.2 Å². The van der Waals surface area contributed by atoms with Crippen LogP contribution in [-0.2, 0) is 11.3 Å². The van der Waals surface area contributed by atoms with Gasteiger partial charge in [-0.05, 0) is 26.1 Å². The molecule has 0 aromatic heterocycles. The van der Waals surface area contributed by atoms with Crippen molar-refractivity contribution in [2.45, 2.75) is 19.5 Å². The number of hydrogen-bond acceptors (Lipinski definition) is 3. The van der Waals surface area contributed by atoms with Crippen molar-refractivity contribution in [2.75, 3.05) is 20.8 Å². The minimum Gasteiger partial charge on any atom is -0.506 e. The van der Waals surface area contributed by atoms with Crippen LogP contribution < -0.4 is 0 Å². The predicted molar refractivity (Wildman–Crippen MR) is 70.9 cm³/mol. The van der Waals surface area contributed by atoms with E-state index in [0.29, 0.717) is 23.7 Å². The molecule has 0 aliphatic heterocycles. The number of aromatic hydroxyl groups is 1. The topological polar surface area (TPSA) is 32.7 Å². The van der Waals surface area contributed by atoms with Gasteiger partial charge in [0.25, 0.3) is 0 Å². The molecule has 0 saturated heterocycles. The van der Waals surface area contributed by atoms with Gasteiger partial charge in [0.05, 0.1) is 11.6 Å². The number of hydrogen-bond donors (Lipinski definition) is 1. The predicted octanol–water partition coefficient (Wildman–Crippen LogP) is 3.17. The Morgan fingerprint density at radius 1 is 1.41 bits per heavy atom. The summed E-state index contributed by atoms with van der Waals surface area (Å²) < 4.78 is 5.08. The summed E-state index contributed by atoms with van der Waals surface area (Å²) in [6.07, 6.45) is 0. The standard InChI is InChI=1S/C12H17Cl2NO2/c1-8(7-17-3)15(2)6-9-4-10(13)5-11(14)12(9)16/h4-5,8,16H,6-7H2,1-3H3. The van der Waals surface area contributed by atoms with Crippen LogP contribution in [0.1, 0.15) is 12.5 Å². The first-order chi connectivity index (χ1) is 7.95. The van der Waals surface area contributed by atoms with E-state index in [0.717, 1.165) is 0 Å². The van der Waals surface area contributed by atoms with Gasteiger partial charge in [-0.15, -0.1) is 0 Å². The molecule has 5 heteroatoms. The van der Waals surface area contributed by atoms with Crippen molar-refractivity contribution in [3.8, 4) is 5.75 Å². The van der Waals surface area contributed by atoms with Crippen molar-refractivity contribution < 1.29 is 9.84 Å². The van der Waals surface area contributed by atoms with Crippen LogP contribution >= 0.6 is 23.2 Å². The van der Waals surface area contributed by atoms with Gasteiger partial charge in [-0.1, -0.05) is 23.2 Å². The molecule has 1 unspecified atom stereocenters. The molecule has 0 heterocycles. The molecule has 0 saturated carbocycles. The van der Waals surface area contributed by atoms with Crippen LogP contribution in [0.5, 0.6) is 5.75 Å². The molecule has 3 nitrogen and oxygen atoms in total. The number of likely N-dealkylation sites (N-methyl/N-ethyl adjacent to an activating group) is 1. The van der Waals surface area contributed by atoms with E-state index in [4.69, 9.17) is 27.9 Å². The van der Waals surface area contributed by atoms with E-state index in [1.165, 1.54) is 6.07 Å². The maximum Gasteiger partial charge on any atom is 0.138 e. The number of nitrogens with zero attached hydrogens (tertiary/aromatic N) is 1. The number of benzene rings is 1. The van der Waals surface area contributed by atoms with Crippen LogP contribution in [0.3, 0.4) is 0 Å². The SMILES string of the molecule is COCC(C)N(C)Cc1cc(Cl)cc(Cl)c1O. The average Bonchev–Trinajstić information content (AvgIpc) is 2.25. The highest BCUT2D eigenvalue weighted by molar-refractivity contribution is 6.35. The molecule has 0 fully saturated rings. The molecular weight excluding hydrogens is 261 g/mol.